The minimum absolute atomic E-state index is 0.164. The third-order valence-electron chi connectivity index (χ3n) is 12.1. The van der Waals surface area contributed by atoms with Gasteiger partial charge in [-0.05, 0) is 38.5 Å². The molecule has 0 aliphatic carbocycles. The highest BCUT2D eigenvalue weighted by Gasteiger charge is 2.46. The smallest absolute Gasteiger partial charge is 0.306 e. The fraction of sp³-hybridized carbons (Fsp3) is 0.920. The predicted molar refractivity (Wildman–Crippen MR) is 252 cm³/mol. The summed E-state index contributed by atoms with van der Waals surface area (Å²) in [4.78, 5) is 25.5. The quantitative estimate of drug-likeness (QED) is 0.0196. The van der Waals surface area contributed by atoms with Gasteiger partial charge in [0.15, 0.2) is 12.4 Å². The molecule has 0 aromatic rings. The van der Waals surface area contributed by atoms with Crippen LogP contribution in [0.2, 0.25) is 0 Å². The van der Waals surface area contributed by atoms with Crippen molar-refractivity contribution in [1.82, 2.24) is 0 Å². The van der Waals surface area contributed by atoms with Crippen molar-refractivity contribution < 1.29 is 56.8 Å². The summed E-state index contributed by atoms with van der Waals surface area (Å²) < 4.78 is 54.2. The highest BCUT2D eigenvalue weighted by Crippen LogP contribution is 2.24. The van der Waals surface area contributed by atoms with E-state index in [9.17, 15) is 37.9 Å². The number of unbranched alkanes of at least 4 members (excludes halogenated alkanes) is 30. The van der Waals surface area contributed by atoms with Crippen LogP contribution in [0.15, 0.2) is 12.2 Å². The Balaban J connectivity index is 2.37. The molecule has 0 bridgehead atoms. The largest absolute Gasteiger partial charge is 0.462 e. The molecule has 0 radical (unpaired) electrons. The normalized spacial score (nSPS) is 19.7. The Morgan fingerprint density at radius 3 is 1.32 bits per heavy atom. The summed E-state index contributed by atoms with van der Waals surface area (Å²) in [5.74, 6) is -1.97. The molecule has 4 N–H and O–H groups in total. The average Bonchev–Trinajstić information content (AvgIpc) is 3.25. The molecular weight excluding hydrogens is 825 g/mol. The summed E-state index contributed by atoms with van der Waals surface area (Å²) in [7, 11) is -4.60. The van der Waals surface area contributed by atoms with Crippen molar-refractivity contribution in [1.29, 1.82) is 0 Å². The number of hydrogen-bond acceptors (Lipinski definition) is 11. The Morgan fingerprint density at radius 2 is 0.905 bits per heavy atom. The summed E-state index contributed by atoms with van der Waals surface area (Å²) in [6, 6.07) is 0. The van der Waals surface area contributed by atoms with Crippen LogP contribution in [-0.2, 0) is 38.7 Å². The molecule has 1 rings (SSSR count). The first-order valence-corrected chi connectivity index (χ1v) is 27.4. The van der Waals surface area contributed by atoms with E-state index in [1.807, 2.05) is 0 Å². The zero-order valence-corrected chi connectivity index (χ0v) is 40.8. The molecule has 1 saturated heterocycles. The van der Waals surface area contributed by atoms with Gasteiger partial charge in [-0.25, -0.2) is 0 Å². The zero-order chi connectivity index (χ0) is 46.2. The van der Waals surface area contributed by atoms with Gasteiger partial charge in [-0.3, -0.25) is 14.1 Å². The van der Waals surface area contributed by atoms with Crippen LogP contribution in [0.5, 0.6) is 0 Å². The molecule has 372 valence electrons. The molecule has 1 fully saturated rings. The maximum Gasteiger partial charge on any atom is 0.306 e. The number of ether oxygens (including phenoxy) is 4. The Bertz CT molecular complexity index is 1210. The number of carbonyl (C=O) groups excluding carboxylic acids is 2. The minimum Gasteiger partial charge on any atom is -0.462 e. The van der Waals surface area contributed by atoms with Crippen LogP contribution < -0.4 is 0 Å². The Morgan fingerprint density at radius 1 is 0.524 bits per heavy atom. The van der Waals surface area contributed by atoms with Crippen molar-refractivity contribution in [3.63, 3.8) is 0 Å². The van der Waals surface area contributed by atoms with Gasteiger partial charge in [0.1, 0.15) is 36.8 Å². The van der Waals surface area contributed by atoms with E-state index >= 15 is 0 Å². The monoisotopic (exact) mass is 919 g/mol. The minimum atomic E-state index is -4.60. The SMILES string of the molecule is CCCCCCCC/C=C/CCCCCCCCCC(=O)O[C@H](COC(=O)CCCCCCCCCCCCCCCCCCCC)CO[C@H]1O[C@H](CS(=O)(=O)O)[C@@H](O)C(O)C1O. The van der Waals surface area contributed by atoms with E-state index in [-0.39, 0.29) is 19.4 Å². The van der Waals surface area contributed by atoms with Gasteiger partial charge in [0, 0.05) is 12.8 Å². The Kier molecular flexibility index (Phi) is 38.3. The van der Waals surface area contributed by atoms with Gasteiger partial charge >= 0.3 is 11.9 Å². The van der Waals surface area contributed by atoms with Gasteiger partial charge in [-0.15, -0.1) is 0 Å². The van der Waals surface area contributed by atoms with Gasteiger partial charge in [-0.1, -0.05) is 199 Å². The second-order valence-electron chi connectivity index (χ2n) is 18.2. The molecule has 0 aromatic carbocycles. The third-order valence-corrected chi connectivity index (χ3v) is 12.8. The number of allylic oxidation sites excluding steroid dienone is 2. The molecule has 1 heterocycles. The zero-order valence-electron chi connectivity index (χ0n) is 40.0. The molecule has 0 aromatic heterocycles. The van der Waals surface area contributed by atoms with Crippen molar-refractivity contribution in [2.45, 2.75) is 275 Å². The summed E-state index contributed by atoms with van der Waals surface area (Å²) in [6.07, 6.45) is 35.3. The molecular formula is C50H94O12S. The average molecular weight is 919 g/mol. The Labute approximate surface area is 384 Å². The molecule has 63 heavy (non-hydrogen) atoms. The molecule has 0 saturated carbocycles. The second kappa shape index (κ2) is 40.6. The Hall–Kier alpha value is -1.61. The van der Waals surface area contributed by atoms with Crippen molar-refractivity contribution in [3.8, 4) is 0 Å². The lowest BCUT2D eigenvalue weighted by atomic mass is 10.00. The fourth-order valence-corrected chi connectivity index (χ4v) is 8.78. The van der Waals surface area contributed by atoms with Gasteiger partial charge in [-0.2, -0.15) is 8.42 Å². The standard InChI is InChI=1S/C50H94O12S/c1-3-5-7-9-11-13-15-17-19-21-23-24-26-28-30-32-34-36-38-45(51)59-40-43(41-60-50-49(55)48(54)47(53)44(62-50)42-63(56,57)58)61-46(52)39-37-35-33-31-29-27-25-22-20-18-16-14-12-10-8-6-4-2/h18,20,43-44,47-50,53-55H,3-17,19,21-42H2,1-2H3,(H,56,57,58)/b20-18+/t43-,44-,47-,48?,49?,50+/m1/s1. The predicted octanol–water partition coefficient (Wildman–Crippen LogP) is 11.4. The number of rotatable bonds is 44. The summed E-state index contributed by atoms with van der Waals surface area (Å²) in [5, 5.41) is 31.0. The van der Waals surface area contributed by atoms with E-state index in [1.54, 1.807) is 0 Å². The highest BCUT2D eigenvalue weighted by atomic mass is 32.2. The maximum absolute atomic E-state index is 12.9. The molecule has 0 amide bonds. The first-order chi connectivity index (χ1) is 30.5. The number of aliphatic hydroxyl groups excluding tert-OH is 3. The van der Waals surface area contributed by atoms with E-state index in [0.29, 0.717) is 12.8 Å². The van der Waals surface area contributed by atoms with Gasteiger partial charge in [0.05, 0.1) is 6.61 Å². The van der Waals surface area contributed by atoms with Crippen LogP contribution >= 0.6 is 0 Å². The van der Waals surface area contributed by atoms with Crippen LogP contribution in [0.1, 0.15) is 239 Å². The first kappa shape index (κ1) is 59.4. The number of esters is 2. The van der Waals surface area contributed by atoms with Crippen LogP contribution in [0, 0.1) is 0 Å². The molecule has 0 spiro atoms. The van der Waals surface area contributed by atoms with Gasteiger partial charge < -0.3 is 34.3 Å². The molecule has 6 atom stereocenters. The van der Waals surface area contributed by atoms with E-state index in [4.69, 9.17) is 18.9 Å². The summed E-state index contributed by atoms with van der Waals surface area (Å²) >= 11 is 0. The lowest BCUT2D eigenvalue weighted by Gasteiger charge is -2.40. The molecule has 2 unspecified atom stereocenters. The van der Waals surface area contributed by atoms with Gasteiger partial charge in [0.25, 0.3) is 10.1 Å². The van der Waals surface area contributed by atoms with Gasteiger partial charge in [0.2, 0.25) is 0 Å². The van der Waals surface area contributed by atoms with Crippen molar-refractivity contribution in [3.05, 3.63) is 12.2 Å². The molecule has 1 aliphatic heterocycles. The first-order valence-electron chi connectivity index (χ1n) is 25.7. The molecule has 13 heteroatoms. The second-order valence-corrected chi connectivity index (χ2v) is 19.7. The fourth-order valence-electron chi connectivity index (χ4n) is 8.09. The summed E-state index contributed by atoms with van der Waals surface area (Å²) in [5.41, 5.74) is 0. The van der Waals surface area contributed by atoms with Crippen molar-refractivity contribution >= 4 is 22.1 Å². The van der Waals surface area contributed by atoms with Crippen LogP contribution in [-0.4, -0.2) is 96.0 Å². The number of hydrogen-bond donors (Lipinski definition) is 4. The van der Waals surface area contributed by atoms with Crippen molar-refractivity contribution in [2.24, 2.45) is 0 Å². The molecule has 1 aliphatic rings. The topological polar surface area (TPSA) is 186 Å². The number of aliphatic hydroxyl groups is 3. The van der Waals surface area contributed by atoms with E-state index in [1.165, 1.54) is 148 Å². The van der Waals surface area contributed by atoms with E-state index < -0.39 is 71.2 Å². The lowest BCUT2D eigenvalue weighted by molar-refractivity contribution is -0.297. The third kappa shape index (κ3) is 35.3. The number of carbonyl (C=O) groups is 2. The highest BCUT2D eigenvalue weighted by molar-refractivity contribution is 7.85. The lowest BCUT2D eigenvalue weighted by Crippen LogP contribution is -2.60. The van der Waals surface area contributed by atoms with E-state index in [0.717, 1.165) is 51.4 Å². The van der Waals surface area contributed by atoms with Crippen LogP contribution in [0.3, 0.4) is 0 Å². The maximum atomic E-state index is 12.9. The van der Waals surface area contributed by atoms with Crippen LogP contribution in [0.4, 0.5) is 0 Å². The summed E-state index contributed by atoms with van der Waals surface area (Å²) in [6.45, 7) is 3.79. The van der Waals surface area contributed by atoms with Crippen LogP contribution in [0.25, 0.3) is 0 Å². The molecule has 12 nitrogen and oxygen atoms in total. The van der Waals surface area contributed by atoms with E-state index in [2.05, 4.69) is 26.0 Å². The van der Waals surface area contributed by atoms with Crippen molar-refractivity contribution in [2.75, 3.05) is 19.0 Å².